The summed E-state index contributed by atoms with van der Waals surface area (Å²) >= 11 is 0. The Bertz CT molecular complexity index is 448. The third-order valence-corrected chi connectivity index (χ3v) is 3.74. The first-order chi connectivity index (χ1) is 8.66. The van der Waals surface area contributed by atoms with Gasteiger partial charge in [-0.3, -0.25) is 9.48 Å². The van der Waals surface area contributed by atoms with Gasteiger partial charge in [0.25, 0.3) is 0 Å². The third kappa shape index (κ3) is 2.53. The first-order valence-corrected chi connectivity index (χ1v) is 6.36. The molecule has 1 N–H and O–H groups in total. The number of amides is 1. The van der Waals surface area contributed by atoms with Crippen LogP contribution >= 0.6 is 0 Å². The zero-order valence-corrected chi connectivity index (χ0v) is 10.6. The van der Waals surface area contributed by atoms with Crippen LogP contribution in [-0.4, -0.2) is 21.2 Å². The van der Waals surface area contributed by atoms with Gasteiger partial charge in [0.2, 0.25) is 5.91 Å². The second kappa shape index (κ2) is 5.21. The van der Waals surface area contributed by atoms with Gasteiger partial charge in [-0.05, 0) is 31.2 Å². The number of hydrogen-bond donors (Lipinski definition) is 1. The maximum absolute atomic E-state index is 11.9. The lowest BCUT2D eigenvalue weighted by molar-refractivity contribution is -0.123. The summed E-state index contributed by atoms with van der Waals surface area (Å²) in [6, 6.07) is 4.12. The summed E-state index contributed by atoms with van der Waals surface area (Å²) < 4.78 is 1.72. The molecule has 0 aromatic carbocycles. The summed E-state index contributed by atoms with van der Waals surface area (Å²) in [4.78, 5) is 11.9. The van der Waals surface area contributed by atoms with E-state index < -0.39 is 5.54 Å². The Kier molecular flexibility index (Phi) is 3.66. The fraction of sp³-hybridized carbons (Fsp3) is 0.615. The van der Waals surface area contributed by atoms with Gasteiger partial charge in [0, 0.05) is 25.4 Å². The molecule has 1 aliphatic rings. The fourth-order valence-electron chi connectivity index (χ4n) is 2.52. The Labute approximate surface area is 107 Å². The van der Waals surface area contributed by atoms with Crippen molar-refractivity contribution >= 4 is 5.91 Å². The highest BCUT2D eigenvalue weighted by atomic mass is 16.1. The standard InChI is InChI=1S/C13H18N4O/c1-11-4-2-6-13(11,10-14)16-12(18)5-9-17-8-3-7-15-17/h3,7-8,11H,2,4-6,9H2,1H3,(H,16,18)/t11-,13+/m0/s1. The van der Waals surface area contributed by atoms with Gasteiger partial charge in [-0.25, -0.2) is 0 Å². The van der Waals surface area contributed by atoms with Crippen molar-refractivity contribution in [2.45, 2.75) is 44.7 Å². The molecule has 18 heavy (non-hydrogen) atoms. The molecule has 2 rings (SSSR count). The SMILES string of the molecule is C[C@H]1CCC[C@]1(C#N)NC(=O)CCn1cccn1. The summed E-state index contributed by atoms with van der Waals surface area (Å²) in [5.41, 5.74) is -0.652. The second-order valence-corrected chi connectivity index (χ2v) is 4.94. The number of carbonyl (C=O) groups is 1. The minimum Gasteiger partial charge on any atom is -0.338 e. The maximum Gasteiger partial charge on any atom is 0.223 e. The van der Waals surface area contributed by atoms with Crippen LogP contribution in [0.15, 0.2) is 18.5 Å². The lowest BCUT2D eigenvalue weighted by Crippen LogP contribution is -2.49. The third-order valence-electron chi connectivity index (χ3n) is 3.74. The molecule has 96 valence electrons. The van der Waals surface area contributed by atoms with Gasteiger partial charge in [0.1, 0.15) is 5.54 Å². The van der Waals surface area contributed by atoms with Crippen molar-refractivity contribution in [1.82, 2.24) is 15.1 Å². The quantitative estimate of drug-likeness (QED) is 0.874. The van der Waals surface area contributed by atoms with Crippen LogP contribution in [0.4, 0.5) is 0 Å². The van der Waals surface area contributed by atoms with Crippen molar-refractivity contribution in [2.24, 2.45) is 5.92 Å². The van der Waals surface area contributed by atoms with Gasteiger partial charge in [0.15, 0.2) is 0 Å². The monoisotopic (exact) mass is 246 g/mol. The van der Waals surface area contributed by atoms with Crippen LogP contribution in [0.3, 0.4) is 0 Å². The summed E-state index contributed by atoms with van der Waals surface area (Å²) in [5, 5.41) is 16.3. The Morgan fingerprint density at radius 2 is 2.56 bits per heavy atom. The number of aromatic nitrogens is 2. The highest BCUT2D eigenvalue weighted by Crippen LogP contribution is 2.34. The smallest absolute Gasteiger partial charge is 0.223 e. The number of nitriles is 1. The van der Waals surface area contributed by atoms with Crippen LogP contribution in [0.5, 0.6) is 0 Å². The van der Waals surface area contributed by atoms with E-state index in [1.165, 1.54) is 0 Å². The van der Waals surface area contributed by atoms with Gasteiger partial charge in [-0.2, -0.15) is 10.4 Å². The minimum absolute atomic E-state index is 0.0687. The lowest BCUT2D eigenvalue weighted by Gasteiger charge is -2.27. The van der Waals surface area contributed by atoms with Crippen LogP contribution in [0.25, 0.3) is 0 Å². The first-order valence-electron chi connectivity index (χ1n) is 6.36. The molecule has 1 aromatic heterocycles. The maximum atomic E-state index is 11.9. The van der Waals surface area contributed by atoms with E-state index in [1.54, 1.807) is 10.9 Å². The number of nitrogens with one attached hydrogen (secondary N) is 1. The molecule has 0 saturated heterocycles. The van der Waals surface area contributed by atoms with Crippen LogP contribution in [0, 0.1) is 17.2 Å². The van der Waals surface area contributed by atoms with Crippen LogP contribution in [0.1, 0.15) is 32.6 Å². The van der Waals surface area contributed by atoms with Crippen molar-refractivity contribution in [1.29, 1.82) is 5.26 Å². The van der Waals surface area contributed by atoms with Crippen molar-refractivity contribution in [3.05, 3.63) is 18.5 Å². The normalized spacial score (nSPS) is 26.8. The summed E-state index contributed by atoms with van der Waals surface area (Å²) in [6.07, 6.45) is 6.65. The fourth-order valence-corrected chi connectivity index (χ4v) is 2.52. The molecular weight excluding hydrogens is 228 g/mol. The van der Waals surface area contributed by atoms with Gasteiger partial charge in [0.05, 0.1) is 6.07 Å². The van der Waals surface area contributed by atoms with E-state index in [2.05, 4.69) is 16.5 Å². The van der Waals surface area contributed by atoms with Crippen LogP contribution < -0.4 is 5.32 Å². The van der Waals surface area contributed by atoms with Gasteiger partial charge in [-0.15, -0.1) is 0 Å². The Morgan fingerprint density at radius 1 is 1.72 bits per heavy atom. The molecule has 1 heterocycles. The molecule has 0 unspecified atom stereocenters. The van der Waals surface area contributed by atoms with Crippen molar-refractivity contribution in [3.63, 3.8) is 0 Å². The van der Waals surface area contributed by atoms with Crippen molar-refractivity contribution < 1.29 is 4.79 Å². The average Bonchev–Trinajstić information content (AvgIpc) is 2.98. The molecule has 1 amide bonds. The van der Waals surface area contributed by atoms with Crippen molar-refractivity contribution in [2.75, 3.05) is 0 Å². The van der Waals surface area contributed by atoms with E-state index in [9.17, 15) is 10.1 Å². The summed E-state index contributed by atoms with van der Waals surface area (Å²) in [7, 11) is 0. The largest absolute Gasteiger partial charge is 0.338 e. The molecule has 2 atom stereocenters. The number of aryl methyl sites for hydroxylation is 1. The lowest BCUT2D eigenvalue weighted by atomic mass is 9.90. The van der Waals surface area contributed by atoms with Gasteiger partial charge in [-0.1, -0.05) is 6.92 Å². The second-order valence-electron chi connectivity index (χ2n) is 4.94. The van der Waals surface area contributed by atoms with Crippen LogP contribution in [-0.2, 0) is 11.3 Å². The molecule has 1 fully saturated rings. The van der Waals surface area contributed by atoms with Crippen molar-refractivity contribution in [3.8, 4) is 6.07 Å². The summed E-state index contributed by atoms with van der Waals surface area (Å²) in [5.74, 6) is 0.164. The first kappa shape index (κ1) is 12.6. The number of rotatable bonds is 4. The Hall–Kier alpha value is -1.83. The number of carbonyl (C=O) groups excluding carboxylic acids is 1. The van der Waals surface area contributed by atoms with E-state index >= 15 is 0 Å². The zero-order valence-electron chi connectivity index (χ0n) is 10.6. The highest BCUT2D eigenvalue weighted by Gasteiger charge is 2.41. The predicted octanol–water partition coefficient (Wildman–Crippen LogP) is 1.47. The Morgan fingerprint density at radius 3 is 3.11 bits per heavy atom. The zero-order chi connectivity index (χ0) is 13.0. The molecule has 1 saturated carbocycles. The number of hydrogen-bond acceptors (Lipinski definition) is 3. The van der Waals surface area contributed by atoms with Gasteiger partial charge < -0.3 is 5.32 Å². The highest BCUT2D eigenvalue weighted by molar-refractivity contribution is 5.77. The van der Waals surface area contributed by atoms with Gasteiger partial charge >= 0.3 is 0 Å². The molecule has 1 aromatic rings. The van der Waals surface area contributed by atoms with Crippen LogP contribution in [0.2, 0.25) is 0 Å². The molecule has 5 heteroatoms. The van der Waals surface area contributed by atoms with E-state index in [0.717, 1.165) is 19.3 Å². The minimum atomic E-state index is -0.652. The van der Waals surface area contributed by atoms with E-state index in [1.807, 2.05) is 19.2 Å². The summed E-state index contributed by atoms with van der Waals surface area (Å²) in [6.45, 7) is 2.58. The molecule has 0 bridgehead atoms. The van der Waals surface area contributed by atoms with E-state index in [0.29, 0.717) is 13.0 Å². The average molecular weight is 246 g/mol. The molecule has 1 aliphatic carbocycles. The van der Waals surface area contributed by atoms with E-state index in [-0.39, 0.29) is 11.8 Å². The Balaban J connectivity index is 1.89. The molecule has 0 radical (unpaired) electrons. The number of nitrogens with zero attached hydrogens (tertiary/aromatic N) is 3. The molecular formula is C13H18N4O. The van der Waals surface area contributed by atoms with E-state index in [4.69, 9.17) is 0 Å². The predicted molar refractivity (Wildman–Crippen MR) is 66.3 cm³/mol. The molecule has 0 aliphatic heterocycles. The molecule has 5 nitrogen and oxygen atoms in total. The molecule has 0 spiro atoms. The topological polar surface area (TPSA) is 70.7 Å².